The van der Waals surface area contributed by atoms with Crippen LogP contribution < -0.4 is 5.73 Å². The van der Waals surface area contributed by atoms with Crippen molar-refractivity contribution in [1.82, 2.24) is 0 Å². The highest BCUT2D eigenvalue weighted by Crippen LogP contribution is 2.14. The molecule has 0 aliphatic carbocycles. The van der Waals surface area contributed by atoms with Crippen LogP contribution in [0.25, 0.3) is 0 Å². The number of rotatable bonds is 6. The maximum atomic E-state index is 11.7. The van der Waals surface area contributed by atoms with E-state index in [-0.39, 0.29) is 12.8 Å². The fourth-order valence-electron chi connectivity index (χ4n) is 0.898. The number of hydrogen-bond acceptors (Lipinski definition) is 2. The Morgan fingerprint density at radius 2 is 2.08 bits per heavy atom. The van der Waals surface area contributed by atoms with E-state index in [0.717, 1.165) is 0 Å². The summed E-state index contributed by atoms with van der Waals surface area (Å²) >= 11 is 0. The standard InChI is InChI=1S/C8H15F2NO2/c1-8(11,7(12)13)5-3-2-4-6(9)10/h6H,2-5,11H2,1H3,(H,12,13). The third-order valence-electron chi connectivity index (χ3n) is 1.86. The number of unbranched alkanes of at least 4 members (excludes halogenated alkanes) is 1. The molecule has 0 amide bonds. The minimum absolute atomic E-state index is 0.185. The zero-order valence-electron chi connectivity index (χ0n) is 7.59. The molecular formula is C8H15F2NO2. The molecule has 0 heterocycles. The summed E-state index contributed by atoms with van der Waals surface area (Å²) in [4.78, 5) is 10.5. The maximum Gasteiger partial charge on any atom is 0.323 e. The molecule has 0 saturated heterocycles. The molecule has 0 bridgehead atoms. The molecule has 0 fully saturated rings. The van der Waals surface area contributed by atoms with Crippen molar-refractivity contribution in [2.45, 2.75) is 44.6 Å². The van der Waals surface area contributed by atoms with Gasteiger partial charge in [0.25, 0.3) is 0 Å². The Hall–Kier alpha value is -0.710. The fraction of sp³-hybridized carbons (Fsp3) is 0.875. The Morgan fingerprint density at radius 1 is 1.54 bits per heavy atom. The van der Waals surface area contributed by atoms with Crippen LogP contribution >= 0.6 is 0 Å². The van der Waals surface area contributed by atoms with Crippen molar-refractivity contribution in [2.24, 2.45) is 5.73 Å². The van der Waals surface area contributed by atoms with Gasteiger partial charge in [-0.15, -0.1) is 0 Å². The van der Waals surface area contributed by atoms with Gasteiger partial charge in [0.2, 0.25) is 6.43 Å². The first-order chi connectivity index (χ1) is 5.86. The summed E-state index contributed by atoms with van der Waals surface area (Å²) < 4.78 is 23.3. The number of nitrogens with two attached hydrogens (primary N) is 1. The lowest BCUT2D eigenvalue weighted by molar-refractivity contribution is -0.142. The van der Waals surface area contributed by atoms with Crippen LogP contribution in [0.2, 0.25) is 0 Å². The normalized spacial score (nSPS) is 15.8. The zero-order valence-corrected chi connectivity index (χ0v) is 7.59. The molecule has 13 heavy (non-hydrogen) atoms. The predicted molar refractivity (Wildman–Crippen MR) is 44.7 cm³/mol. The van der Waals surface area contributed by atoms with Crippen LogP contribution in [0.15, 0.2) is 0 Å². The summed E-state index contributed by atoms with van der Waals surface area (Å²) in [5.41, 5.74) is 4.10. The minimum Gasteiger partial charge on any atom is -0.480 e. The predicted octanol–water partition coefficient (Wildman–Crippen LogP) is 1.61. The maximum absolute atomic E-state index is 11.7. The van der Waals surface area contributed by atoms with Gasteiger partial charge in [0.05, 0.1) is 0 Å². The molecule has 0 aliphatic rings. The van der Waals surface area contributed by atoms with Gasteiger partial charge in [0, 0.05) is 6.42 Å². The van der Waals surface area contributed by atoms with Gasteiger partial charge in [-0.2, -0.15) is 0 Å². The third kappa shape index (κ3) is 5.52. The van der Waals surface area contributed by atoms with Crippen LogP contribution in [0.4, 0.5) is 8.78 Å². The van der Waals surface area contributed by atoms with Gasteiger partial charge in [-0.05, 0) is 19.8 Å². The van der Waals surface area contributed by atoms with E-state index in [0.29, 0.717) is 12.8 Å². The first-order valence-corrected chi connectivity index (χ1v) is 4.16. The Kier molecular flexibility index (Phi) is 4.83. The van der Waals surface area contributed by atoms with Gasteiger partial charge in [-0.3, -0.25) is 4.79 Å². The fourth-order valence-corrected chi connectivity index (χ4v) is 0.898. The number of alkyl halides is 2. The molecule has 0 saturated carbocycles. The molecule has 0 aromatic heterocycles. The zero-order chi connectivity index (χ0) is 10.5. The average molecular weight is 195 g/mol. The van der Waals surface area contributed by atoms with Crippen molar-refractivity contribution < 1.29 is 18.7 Å². The lowest BCUT2D eigenvalue weighted by atomic mass is 9.96. The van der Waals surface area contributed by atoms with Crippen LogP contribution in [0.5, 0.6) is 0 Å². The van der Waals surface area contributed by atoms with Crippen molar-refractivity contribution in [1.29, 1.82) is 0 Å². The molecule has 3 nitrogen and oxygen atoms in total. The highest BCUT2D eigenvalue weighted by atomic mass is 19.3. The monoisotopic (exact) mass is 195 g/mol. The highest BCUT2D eigenvalue weighted by molar-refractivity contribution is 5.77. The van der Waals surface area contributed by atoms with Crippen molar-refractivity contribution in [2.75, 3.05) is 0 Å². The molecule has 0 spiro atoms. The quantitative estimate of drug-likeness (QED) is 0.633. The van der Waals surface area contributed by atoms with Gasteiger partial charge in [-0.1, -0.05) is 6.42 Å². The molecule has 0 aromatic rings. The summed E-state index contributed by atoms with van der Waals surface area (Å²) in [6, 6.07) is 0. The van der Waals surface area contributed by atoms with Gasteiger partial charge in [0.15, 0.2) is 0 Å². The van der Waals surface area contributed by atoms with Crippen molar-refractivity contribution in [3.8, 4) is 0 Å². The number of carboxylic acid groups (broad SMARTS) is 1. The minimum atomic E-state index is -2.31. The molecule has 1 unspecified atom stereocenters. The van der Waals surface area contributed by atoms with Crippen molar-refractivity contribution in [3.63, 3.8) is 0 Å². The first-order valence-electron chi connectivity index (χ1n) is 4.16. The van der Waals surface area contributed by atoms with Crippen LogP contribution in [0.3, 0.4) is 0 Å². The van der Waals surface area contributed by atoms with Crippen molar-refractivity contribution >= 4 is 5.97 Å². The van der Waals surface area contributed by atoms with Gasteiger partial charge >= 0.3 is 5.97 Å². The van der Waals surface area contributed by atoms with Crippen LogP contribution in [-0.2, 0) is 4.79 Å². The van der Waals surface area contributed by atoms with Crippen LogP contribution in [0.1, 0.15) is 32.6 Å². The Balaban J connectivity index is 3.58. The van der Waals surface area contributed by atoms with Crippen molar-refractivity contribution in [3.05, 3.63) is 0 Å². The molecule has 1 atom stereocenters. The van der Waals surface area contributed by atoms with E-state index in [1.807, 2.05) is 0 Å². The largest absolute Gasteiger partial charge is 0.480 e. The lowest BCUT2D eigenvalue weighted by Gasteiger charge is -2.18. The lowest BCUT2D eigenvalue weighted by Crippen LogP contribution is -2.44. The van der Waals surface area contributed by atoms with Crippen LogP contribution in [-0.4, -0.2) is 23.0 Å². The van der Waals surface area contributed by atoms with E-state index in [1.54, 1.807) is 0 Å². The smallest absolute Gasteiger partial charge is 0.323 e. The molecule has 0 aliphatic heterocycles. The van der Waals surface area contributed by atoms with E-state index in [9.17, 15) is 13.6 Å². The highest BCUT2D eigenvalue weighted by Gasteiger charge is 2.26. The summed E-state index contributed by atoms with van der Waals surface area (Å²) in [7, 11) is 0. The van der Waals surface area contributed by atoms with E-state index in [1.165, 1.54) is 6.92 Å². The molecule has 3 N–H and O–H groups in total. The summed E-state index contributed by atoms with van der Waals surface area (Å²) in [6.07, 6.45) is -1.53. The average Bonchev–Trinajstić information content (AvgIpc) is 1.97. The Bertz CT molecular complexity index is 172. The van der Waals surface area contributed by atoms with Gasteiger partial charge < -0.3 is 10.8 Å². The third-order valence-corrected chi connectivity index (χ3v) is 1.86. The molecule has 0 rings (SSSR count). The first kappa shape index (κ1) is 12.3. The molecule has 0 radical (unpaired) electrons. The summed E-state index contributed by atoms with van der Waals surface area (Å²) in [6.45, 7) is 1.39. The van der Waals surface area contributed by atoms with E-state index >= 15 is 0 Å². The molecular weight excluding hydrogens is 180 g/mol. The second kappa shape index (κ2) is 5.11. The Morgan fingerprint density at radius 3 is 2.46 bits per heavy atom. The van der Waals surface area contributed by atoms with E-state index in [4.69, 9.17) is 10.8 Å². The van der Waals surface area contributed by atoms with Crippen LogP contribution in [0, 0.1) is 0 Å². The number of hydrogen-bond donors (Lipinski definition) is 2. The number of carbonyl (C=O) groups is 1. The molecule has 5 heteroatoms. The summed E-state index contributed by atoms with van der Waals surface area (Å²) in [5.74, 6) is -1.09. The van der Waals surface area contributed by atoms with E-state index < -0.39 is 17.9 Å². The second-order valence-corrected chi connectivity index (χ2v) is 3.36. The number of aliphatic carboxylic acids is 1. The number of carboxylic acids is 1. The topological polar surface area (TPSA) is 63.3 Å². The molecule has 78 valence electrons. The Labute approximate surface area is 75.9 Å². The SMILES string of the molecule is CC(N)(CCCCC(F)F)C(=O)O. The van der Waals surface area contributed by atoms with Gasteiger partial charge in [-0.25, -0.2) is 8.78 Å². The number of halogens is 2. The second-order valence-electron chi connectivity index (χ2n) is 3.36. The molecule has 0 aromatic carbocycles. The van der Waals surface area contributed by atoms with E-state index in [2.05, 4.69) is 0 Å². The van der Waals surface area contributed by atoms with Gasteiger partial charge in [0.1, 0.15) is 5.54 Å². The summed E-state index contributed by atoms with van der Waals surface area (Å²) in [5, 5.41) is 8.58.